The quantitative estimate of drug-likeness (QED) is 0.800. The van der Waals surface area contributed by atoms with Crippen LogP contribution in [0.5, 0.6) is 0 Å². The van der Waals surface area contributed by atoms with Crippen LogP contribution in [0.25, 0.3) is 0 Å². The predicted molar refractivity (Wildman–Crippen MR) is 79.7 cm³/mol. The maximum absolute atomic E-state index is 12.5. The molecule has 1 amide bonds. The van der Waals surface area contributed by atoms with Gasteiger partial charge < -0.3 is 15.0 Å². The van der Waals surface area contributed by atoms with Gasteiger partial charge in [-0.15, -0.1) is 0 Å². The zero-order chi connectivity index (χ0) is 14.4. The molecule has 2 aliphatic heterocycles. The van der Waals surface area contributed by atoms with E-state index in [1.54, 1.807) is 0 Å². The van der Waals surface area contributed by atoms with Gasteiger partial charge in [-0.25, -0.2) is 0 Å². The first-order chi connectivity index (χ1) is 9.72. The van der Waals surface area contributed by atoms with Crippen molar-refractivity contribution in [3.63, 3.8) is 0 Å². The Kier molecular flexibility index (Phi) is 6.26. The molecule has 20 heavy (non-hydrogen) atoms. The second-order valence-electron chi connectivity index (χ2n) is 5.92. The van der Waals surface area contributed by atoms with Crippen molar-refractivity contribution in [2.45, 2.75) is 32.7 Å². The highest BCUT2D eigenvalue weighted by atomic mass is 16.5. The minimum atomic E-state index is 0.0116. The lowest BCUT2D eigenvalue weighted by molar-refractivity contribution is -0.141. The Morgan fingerprint density at radius 2 is 2.10 bits per heavy atom. The number of ether oxygens (including phenoxy) is 1. The molecule has 0 aliphatic carbocycles. The van der Waals surface area contributed by atoms with Crippen LogP contribution in [-0.2, 0) is 9.53 Å². The van der Waals surface area contributed by atoms with E-state index in [-0.39, 0.29) is 11.9 Å². The van der Waals surface area contributed by atoms with Crippen LogP contribution in [0, 0.1) is 5.92 Å². The van der Waals surface area contributed by atoms with Crippen LogP contribution < -0.4 is 5.32 Å². The lowest BCUT2D eigenvalue weighted by Gasteiger charge is -2.38. The molecule has 2 heterocycles. The molecule has 0 aromatic carbocycles. The fraction of sp³-hybridized carbons (Fsp3) is 0.933. The number of carbonyl (C=O) groups excluding carboxylic acids is 1. The van der Waals surface area contributed by atoms with Crippen molar-refractivity contribution in [1.29, 1.82) is 0 Å². The number of rotatable bonds is 5. The zero-order valence-corrected chi connectivity index (χ0v) is 12.9. The number of likely N-dealkylation sites (tertiary alicyclic amines) is 1. The Morgan fingerprint density at radius 3 is 2.80 bits per heavy atom. The van der Waals surface area contributed by atoms with Crippen LogP contribution in [-0.4, -0.2) is 74.2 Å². The molecule has 2 saturated heterocycles. The first-order valence-electron chi connectivity index (χ1n) is 8.03. The molecular formula is C15H29N3O2. The Morgan fingerprint density at radius 1 is 1.35 bits per heavy atom. The fourth-order valence-electron chi connectivity index (χ4n) is 3.17. The molecule has 5 heteroatoms. The Balaban J connectivity index is 1.83. The first kappa shape index (κ1) is 15.7. The van der Waals surface area contributed by atoms with Gasteiger partial charge in [-0.3, -0.25) is 9.69 Å². The van der Waals surface area contributed by atoms with E-state index in [4.69, 9.17) is 4.74 Å². The van der Waals surface area contributed by atoms with Gasteiger partial charge in [0.25, 0.3) is 0 Å². The van der Waals surface area contributed by atoms with Gasteiger partial charge in [-0.2, -0.15) is 0 Å². The fourth-order valence-corrected chi connectivity index (χ4v) is 3.17. The van der Waals surface area contributed by atoms with Crippen LogP contribution >= 0.6 is 0 Å². The van der Waals surface area contributed by atoms with E-state index in [1.807, 2.05) is 4.90 Å². The molecule has 0 aromatic rings. The van der Waals surface area contributed by atoms with Crippen LogP contribution in [0.1, 0.15) is 26.7 Å². The Labute approximate surface area is 122 Å². The summed E-state index contributed by atoms with van der Waals surface area (Å²) in [4.78, 5) is 16.9. The maximum atomic E-state index is 12.5. The number of piperidine rings is 1. The number of amides is 1. The summed E-state index contributed by atoms with van der Waals surface area (Å²) in [6.45, 7) is 11.3. The largest absolute Gasteiger partial charge is 0.378 e. The summed E-state index contributed by atoms with van der Waals surface area (Å²) in [5.41, 5.74) is 0. The van der Waals surface area contributed by atoms with E-state index in [0.29, 0.717) is 19.1 Å². The van der Waals surface area contributed by atoms with Gasteiger partial charge in [0.1, 0.15) is 0 Å². The summed E-state index contributed by atoms with van der Waals surface area (Å²) in [5.74, 6) is 0.959. The third kappa shape index (κ3) is 4.17. The van der Waals surface area contributed by atoms with Gasteiger partial charge in [-0.05, 0) is 45.3 Å². The monoisotopic (exact) mass is 283 g/mol. The predicted octanol–water partition coefficient (Wildman–Crippen LogP) is 0.555. The van der Waals surface area contributed by atoms with Gasteiger partial charge in [0.2, 0.25) is 5.91 Å². The van der Waals surface area contributed by atoms with Crippen LogP contribution in [0.3, 0.4) is 0 Å². The molecule has 116 valence electrons. The van der Waals surface area contributed by atoms with Crippen molar-refractivity contribution in [2.75, 3.05) is 52.5 Å². The summed E-state index contributed by atoms with van der Waals surface area (Å²) >= 11 is 0. The summed E-state index contributed by atoms with van der Waals surface area (Å²) in [7, 11) is 0. The third-order valence-corrected chi connectivity index (χ3v) is 4.46. The SMILES string of the molecule is CCNCC1CCCN(C(C)C(=O)N2CCOCC2)C1. The second-order valence-corrected chi connectivity index (χ2v) is 5.92. The average Bonchev–Trinajstić information content (AvgIpc) is 2.52. The molecule has 0 bridgehead atoms. The highest BCUT2D eigenvalue weighted by Gasteiger charge is 2.30. The van der Waals surface area contributed by atoms with Crippen LogP contribution in [0.2, 0.25) is 0 Å². The van der Waals surface area contributed by atoms with E-state index >= 15 is 0 Å². The summed E-state index contributed by atoms with van der Waals surface area (Å²) in [6.07, 6.45) is 2.48. The van der Waals surface area contributed by atoms with Crippen molar-refractivity contribution < 1.29 is 9.53 Å². The van der Waals surface area contributed by atoms with Gasteiger partial charge >= 0.3 is 0 Å². The second kappa shape index (κ2) is 7.96. The van der Waals surface area contributed by atoms with Crippen molar-refractivity contribution in [1.82, 2.24) is 15.1 Å². The molecule has 5 nitrogen and oxygen atoms in total. The smallest absolute Gasteiger partial charge is 0.239 e. The van der Waals surface area contributed by atoms with E-state index in [1.165, 1.54) is 12.8 Å². The summed E-state index contributed by atoms with van der Waals surface area (Å²) in [6, 6.07) is 0.0116. The molecule has 2 atom stereocenters. The lowest BCUT2D eigenvalue weighted by atomic mass is 9.96. The highest BCUT2D eigenvalue weighted by molar-refractivity contribution is 5.81. The number of nitrogens with zero attached hydrogens (tertiary/aromatic N) is 2. The van der Waals surface area contributed by atoms with Crippen molar-refractivity contribution >= 4 is 5.91 Å². The van der Waals surface area contributed by atoms with Crippen molar-refractivity contribution in [2.24, 2.45) is 5.92 Å². The van der Waals surface area contributed by atoms with Gasteiger partial charge in [0.15, 0.2) is 0 Å². The van der Waals surface area contributed by atoms with E-state index in [2.05, 4.69) is 24.1 Å². The minimum absolute atomic E-state index is 0.0116. The Hall–Kier alpha value is -0.650. The van der Waals surface area contributed by atoms with E-state index in [9.17, 15) is 4.79 Å². The highest BCUT2D eigenvalue weighted by Crippen LogP contribution is 2.19. The standard InChI is InChI=1S/C15H29N3O2/c1-3-16-11-14-5-4-6-18(12-14)13(2)15(19)17-7-9-20-10-8-17/h13-14,16H,3-12H2,1-2H3. The molecule has 2 unspecified atom stereocenters. The summed E-state index contributed by atoms with van der Waals surface area (Å²) in [5, 5.41) is 3.43. The van der Waals surface area contributed by atoms with Crippen LogP contribution in [0.4, 0.5) is 0 Å². The third-order valence-electron chi connectivity index (χ3n) is 4.46. The molecule has 0 spiro atoms. The average molecular weight is 283 g/mol. The van der Waals surface area contributed by atoms with Gasteiger partial charge in [0.05, 0.1) is 19.3 Å². The molecular weight excluding hydrogens is 254 g/mol. The first-order valence-corrected chi connectivity index (χ1v) is 8.03. The number of carbonyl (C=O) groups is 1. The topological polar surface area (TPSA) is 44.8 Å². The molecule has 0 saturated carbocycles. The molecule has 2 aliphatic rings. The van der Waals surface area contributed by atoms with Crippen molar-refractivity contribution in [3.05, 3.63) is 0 Å². The minimum Gasteiger partial charge on any atom is -0.378 e. The zero-order valence-electron chi connectivity index (χ0n) is 12.9. The van der Waals surface area contributed by atoms with Gasteiger partial charge in [-0.1, -0.05) is 6.92 Å². The molecule has 0 aromatic heterocycles. The van der Waals surface area contributed by atoms with E-state index in [0.717, 1.165) is 39.3 Å². The van der Waals surface area contributed by atoms with Crippen molar-refractivity contribution in [3.8, 4) is 0 Å². The molecule has 1 N–H and O–H groups in total. The molecule has 2 fully saturated rings. The normalized spacial score (nSPS) is 26.5. The molecule has 0 radical (unpaired) electrons. The number of morpholine rings is 1. The van der Waals surface area contributed by atoms with Crippen LogP contribution in [0.15, 0.2) is 0 Å². The lowest BCUT2D eigenvalue weighted by Crippen LogP contribution is -2.53. The molecule has 2 rings (SSSR count). The number of hydrogen-bond acceptors (Lipinski definition) is 4. The maximum Gasteiger partial charge on any atom is 0.239 e. The Bertz CT molecular complexity index is 305. The number of hydrogen-bond donors (Lipinski definition) is 1. The number of nitrogens with one attached hydrogen (secondary N) is 1. The van der Waals surface area contributed by atoms with Gasteiger partial charge in [0, 0.05) is 19.6 Å². The summed E-state index contributed by atoms with van der Waals surface area (Å²) < 4.78 is 5.32. The van der Waals surface area contributed by atoms with E-state index < -0.39 is 0 Å².